The van der Waals surface area contributed by atoms with Gasteiger partial charge in [0.2, 0.25) is 5.65 Å². The number of carbonyl (C=O) groups is 1. The molecule has 2 heterocycles. The molecule has 0 spiro atoms. The Morgan fingerprint density at radius 3 is 2.68 bits per heavy atom. The molecule has 4 rings (SSSR count). The summed E-state index contributed by atoms with van der Waals surface area (Å²) in [5.41, 5.74) is 2.43. The molecule has 0 aliphatic carbocycles. The second kappa shape index (κ2) is 9.42. The summed E-state index contributed by atoms with van der Waals surface area (Å²) in [6, 6.07) is 14.9. The number of benzene rings is 2. The van der Waals surface area contributed by atoms with Gasteiger partial charge in [-0.05, 0) is 44.0 Å². The Morgan fingerprint density at radius 2 is 1.87 bits per heavy atom. The van der Waals surface area contributed by atoms with Gasteiger partial charge in [0.1, 0.15) is 17.3 Å². The Hall–Kier alpha value is -3.68. The molecule has 8 nitrogen and oxygen atoms in total. The number of rotatable bonds is 9. The first kappa shape index (κ1) is 20.6. The number of ether oxygens (including phenoxy) is 2. The van der Waals surface area contributed by atoms with Gasteiger partial charge in [0.15, 0.2) is 5.82 Å². The highest BCUT2D eigenvalue weighted by atomic mass is 16.5. The second-order valence-corrected chi connectivity index (χ2v) is 7.25. The van der Waals surface area contributed by atoms with E-state index in [1.165, 1.54) is 0 Å². The van der Waals surface area contributed by atoms with E-state index >= 15 is 0 Å². The van der Waals surface area contributed by atoms with Crippen LogP contribution in [0.2, 0.25) is 0 Å². The summed E-state index contributed by atoms with van der Waals surface area (Å²) >= 11 is 0. The number of nitrogens with one attached hydrogen (secondary N) is 1. The third-order valence-electron chi connectivity index (χ3n) is 5.02. The van der Waals surface area contributed by atoms with Crippen molar-refractivity contribution < 1.29 is 14.3 Å². The van der Waals surface area contributed by atoms with E-state index in [1.807, 2.05) is 47.7 Å². The zero-order valence-electron chi connectivity index (χ0n) is 17.7. The van der Waals surface area contributed by atoms with Crippen LogP contribution in [0.5, 0.6) is 11.5 Å². The Kier molecular flexibility index (Phi) is 6.26. The first-order chi connectivity index (χ1) is 15.2. The van der Waals surface area contributed by atoms with E-state index in [1.54, 1.807) is 19.2 Å². The molecular weight excluding hydrogens is 394 g/mol. The van der Waals surface area contributed by atoms with Crippen molar-refractivity contribution >= 4 is 28.5 Å². The maximum absolute atomic E-state index is 11.9. The molecule has 0 aliphatic heterocycles. The first-order valence-electron chi connectivity index (χ1n) is 10.3. The van der Waals surface area contributed by atoms with E-state index in [0.717, 1.165) is 48.4 Å². The van der Waals surface area contributed by atoms with Crippen LogP contribution in [0, 0.1) is 6.92 Å². The van der Waals surface area contributed by atoms with Gasteiger partial charge >= 0.3 is 5.97 Å². The smallest absolute Gasteiger partial charge is 0.311 e. The van der Waals surface area contributed by atoms with Crippen molar-refractivity contribution in [2.75, 3.05) is 19.0 Å². The first-order valence-corrected chi connectivity index (χ1v) is 10.3. The summed E-state index contributed by atoms with van der Waals surface area (Å²) in [5, 5.41) is 11.9. The number of hydrogen-bond donors (Lipinski definition) is 1. The lowest BCUT2D eigenvalue weighted by molar-refractivity contribution is -0.134. The Morgan fingerprint density at radius 1 is 1.03 bits per heavy atom. The highest BCUT2D eigenvalue weighted by Gasteiger charge is 2.13. The van der Waals surface area contributed by atoms with Crippen LogP contribution >= 0.6 is 0 Å². The number of carbonyl (C=O) groups excluding carboxylic acids is 1. The van der Waals surface area contributed by atoms with Gasteiger partial charge in [-0.2, -0.15) is 0 Å². The van der Waals surface area contributed by atoms with Crippen molar-refractivity contribution in [3.63, 3.8) is 0 Å². The molecule has 0 saturated carbocycles. The van der Waals surface area contributed by atoms with Crippen LogP contribution < -0.4 is 14.8 Å². The van der Waals surface area contributed by atoms with Gasteiger partial charge in [-0.25, -0.2) is 4.98 Å². The molecule has 31 heavy (non-hydrogen) atoms. The van der Waals surface area contributed by atoms with Gasteiger partial charge in [-0.1, -0.05) is 24.6 Å². The van der Waals surface area contributed by atoms with Crippen molar-refractivity contribution in [3.05, 3.63) is 54.4 Å². The monoisotopic (exact) mass is 419 g/mol. The maximum atomic E-state index is 11.9. The number of aromatic nitrogens is 4. The fraction of sp³-hybridized carbons (Fsp3) is 0.304. The van der Waals surface area contributed by atoms with Gasteiger partial charge in [0.05, 0.1) is 18.1 Å². The minimum Gasteiger partial charge on any atom is -0.497 e. The Labute approximate surface area is 180 Å². The zero-order chi connectivity index (χ0) is 21.6. The number of aryl methyl sites for hydroxylation is 1. The van der Waals surface area contributed by atoms with Gasteiger partial charge in [0.25, 0.3) is 0 Å². The van der Waals surface area contributed by atoms with Crippen molar-refractivity contribution in [2.24, 2.45) is 0 Å². The van der Waals surface area contributed by atoms with Crippen LogP contribution in [0.4, 0.5) is 5.82 Å². The standard InChI is InChI=1S/C23H25N5O3/c1-16-26-27-23-22(25-19-15-18(30-2)12-13-20(19)28(16)23)24-14-8-4-7-11-21(29)31-17-9-5-3-6-10-17/h3,5-6,9-10,12-13,15H,4,7-8,11,14H2,1-2H3,(H,24,25). The van der Waals surface area contributed by atoms with Crippen molar-refractivity contribution in [1.82, 2.24) is 19.6 Å². The molecule has 2 aromatic carbocycles. The molecule has 0 fully saturated rings. The fourth-order valence-electron chi connectivity index (χ4n) is 3.45. The van der Waals surface area contributed by atoms with Gasteiger partial charge < -0.3 is 14.8 Å². The summed E-state index contributed by atoms with van der Waals surface area (Å²) in [7, 11) is 1.64. The van der Waals surface area contributed by atoms with E-state index in [9.17, 15) is 4.79 Å². The summed E-state index contributed by atoms with van der Waals surface area (Å²) in [5.74, 6) is 2.61. The van der Waals surface area contributed by atoms with Crippen molar-refractivity contribution in [2.45, 2.75) is 32.6 Å². The van der Waals surface area contributed by atoms with Crippen LogP contribution in [0.3, 0.4) is 0 Å². The largest absolute Gasteiger partial charge is 0.497 e. The molecule has 0 unspecified atom stereocenters. The van der Waals surface area contributed by atoms with Crippen LogP contribution in [0.15, 0.2) is 48.5 Å². The van der Waals surface area contributed by atoms with E-state index in [4.69, 9.17) is 14.5 Å². The molecule has 8 heteroatoms. The number of fused-ring (bicyclic) bond motifs is 3. The van der Waals surface area contributed by atoms with Crippen LogP contribution in [-0.2, 0) is 4.79 Å². The van der Waals surface area contributed by atoms with Crippen molar-refractivity contribution in [3.8, 4) is 11.5 Å². The van der Waals surface area contributed by atoms with Crippen LogP contribution in [-0.4, -0.2) is 39.2 Å². The van der Waals surface area contributed by atoms with Gasteiger partial charge in [0, 0.05) is 19.0 Å². The molecule has 0 atom stereocenters. The average Bonchev–Trinajstić information content (AvgIpc) is 3.18. The highest BCUT2D eigenvalue weighted by molar-refractivity contribution is 5.84. The predicted octanol–water partition coefficient (Wildman–Crippen LogP) is 4.17. The summed E-state index contributed by atoms with van der Waals surface area (Å²) in [6.07, 6.45) is 2.97. The fourth-order valence-corrected chi connectivity index (χ4v) is 3.45. The van der Waals surface area contributed by atoms with Crippen molar-refractivity contribution in [1.29, 1.82) is 0 Å². The summed E-state index contributed by atoms with van der Waals surface area (Å²) in [6.45, 7) is 2.64. The molecule has 0 radical (unpaired) electrons. The molecule has 4 aromatic rings. The summed E-state index contributed by atoms with van der Waals surface area (Å²) in [4.78, 5) is 16.6. The molecule has 0 saturated heterocycles. The van der Waals surface area contributed by atoms with E-state index in [2.05, 4.69) is 15.5 Å². The lowest BCUT2D eigenvalue weighted by atomic mass is 10.2. The van der Waals surface area contributed by atoms with E-state index in [0.29, 0.717) is 23.6 Å². The third kappa shape index (κ3) is 4.74. The Balaban J connectivity index is 1.33. The molecule has 0 aliphatic rings. The van der Waals surface area contributed by atoms with E-state index < -0.39 is 0 Å². The van der Waals surface area contributed by atoms with Crippen LogP contribution in [0.1, 0.15) is 31.5 Å². The highest BCUT2D eigenvalue weighted by Crippen LogP contribution is 2.25. The molecular formula is C23H25N5O3. The SMILES string of the molecule is COc1ccc2c(c1)nc(NCCCCCC(=O)Oc1ccccc1)c1nnc(C)n12. The number of unbranched alkanes of at least 4 members (excludes halogenated alkanes) is 2. The Bertz CT molecular complexity index is 1190. The molecule has 2 aromatic heterocycles. The number of esters is 1. The zero-order valence-corrected chi connectivity index (χ0v) is 17.7. The predicted molar refractivity (Wildman–Crippen MR) is 119 cm³/mol. The number of anilines is 1. The number of hydrogen-bond acceptors (Lipinski definition) is 7. The lowest BCUT2D eigenvalue weighted by Gasteiger charge is -2.10. The molecule has 1 N–H and O–H groups in total. The van der Waals surface area contributed by atoms with Crippen LogP contribution in [0.25, 0.3) is 16.7 Å². The average molecular weight is 419 g/mol. The molecule has 0 amide bonds. The number of methoxy groups -OCH3 is 1. The van der Waals surface area contributed by atoms with Gasteiger partial charge in [-0.3, -0.25) is 9.20 Å². The normalized spacial score (nSPS) is 11.0. The second-order valence-electron chi connectivity index (χ2n) is 7.25. The topological polar surface area (TPSA) is 90.6 Å². The van der Waals surface area contributed by atoms with Gasteiger partial charge in [-0.15, -0.1) is 10.2 Å². The minimum absolute atomic E-state index is 0.204. The third-order valence-corrected chi connectivity index (χ3v) is 5.02. The lowest BCUT2D eigenvalue weighted by Crippen LogP contribution is -2.09. The molecule has 0 bridgehead atoms. The quantitative estimate of drug-likeness (QED) is 0.247. The number of para-hydroxylation sites is 1. The minimum atomic E-state index is -0.204. The number of nitrogens with zero attached hydrogens (tertiary/aromatic N) is 4. The molecule has 160 valence electrons. The van der Waals surface area contributed by atoms with E-state index in [-0.39, 0.29) is 5.97 Å². The summed E-state index contributed by atoms with van der Waals surface area (Å²) < 4.78 is 12.6. The maximum Gasteiger partial charge on any atom is 0.311 e.